The van der Waals surface area contributed by atoms with Crippen LogP contribution in [0.3, 0.4) is 0 Å². The third-order valence-corrected chi connectivity index (χ3v) is 2.54. The highest BCUT2D eigenvalue weighted by atomic mass is 19.1. The number of aryl methyl sites for hydroxylation is 2. The fourth-order valence-electron chi connectivity index (χ4n) is 1.74. The van der Waals surface area contributed by atoms with Gasteiger partial charge in [0, 0.05) is 43.3 Å². The number of aromatic nitrogens is 3. The molecule has 0 saturated heterocycles. The minimum atomic E-state index is -0.475. The predicted octanol–water partition coefficient (Wildman–Crippen LogP) is 2.13. The Labute approximate surface area is 99.5 Å². The lowest BCUT2D eigenvalue weighted by molar-refractivity contribution is 0.584. The molecule has 0 fully saturated rings. The van der Waals surface area contributed by atoms with E-state index in [0.717, 1.165) is 23.4 Å². The van der Waals surface area contributed by atoms with Gasteiger partial charge in [-0.25, -0.2) is 4.98 Å². The molecule has 0 unspecified atom stereocenters. The number of rotatable bonds is 4. The summed E-state index contributed by atoms with van der Waals surface area (Å²) in [5.74, 6) is -0.475. The first-order valence-electron chi connectivity index (χ1n) is 5.56. The van der Waals surface area contributed by atoms with E-state index in [1.807, 2.05) is 13.2 Å². The van der Waals surface area contributed by atoms with Crippen LogP contribution in [0, 0.1) is 5.95 Å². The number of halogens is 1. The molecular formula is C12H15FN4. The molecule has 0 aliphatic heterocycles. The van der Waals surface area contributed by atoms with Gasteiger partial charge in [0.1, 0.15) is 0 Å². The van der Waals surface area contributed by atoms with Crippen molar-refractivity contribution in [2.75, 3.05) is 5.32 Å². The minimum absolute atomic E-state index is 0.475. The fourth-order valence-corrected chi connectivity index (χ4v) is 1.74. The number of hydrogen-bond donors (Lipinski definition) is 1. The third-order valence-electron chi connectivity index (χ3n) is 2.54. The molecule has 2 aromatic heterocycles. The van der Waals surface area contributed by atoms with Crippen molar-refractivity contribution < 1.29 is 4.39 Å². The molecule has 0 atom stereocenters. The maximum Gasteiger partial charge on any atom is 0.214 e. The highest BCUT2D eigenvalue weighted by Crippen LogP contribution is 2.12. The lowest BCUT2D eigenvalue weighted by atomic mass is 10.2. The molecule has 2 heterocycles. The van der Waals surface area contributed by atoms with E-state index in [0.29, 0.717) is 6.54 Å². The van der Waals surface area contributed by atoms with Gasteiger partial charge < -0.3 is 5.32 Å². The molecule has 0 amide bonds. The predicted molar refractivity (Wildman–Crippen MR) is 64.1 cm³/mol. The average molecular weight is 234 g/mol. The molecule has 5 heteroatoms. The van der Waals surface area contributed by atoms with Crippen molar-refractivity contribution in [2.24, 2.45) is 7.05 Å². The number of anilines is 1. The lowest BCUT2D eigenvalue weighted by Gasteiger charge is -2.05. The molecular weight excluding hydrogens is 219 g/mol. The van der Waals surface area contributed by atoms with Gasteiger partial charge in [0.2, 0.25) is 5.95 Å². The van der Waals surface area contributed by atoms with Gasteiger partial charge in [0.05, 0.1) is 5.69 Å². The molecule has 0 saturated carbocycles. The second-order valence-electron chi connectivity index (χ2n) is 3.85. The fraction of sp³-hybridized carbons (Fsp3) is 0.333. The van der Waals surface area contributed by atoms with E-state index in [4.69, 9.17) is 0 Å². The van der Waals surface area contributed by atoms with Crippen LogP contribution in [0.1, 0.15) is 18.2 Å². The van der Waals surface area contributed by atoms with Gasteiger partial charge in [-0.3, -0.25) is 4.68 Å². The summed E-state index contributed by atoms with van der Waals surface area (Å²) in [6.45, 7) is 2.71. The van der Waals surface area contributed by atoms with Crippen LogP contribution in [-0.4, -0.2) is 14.8 Å². The molecule has 0 radical (unpaired) electrons. The van der Waals surface area contributed by atoms with Crippen LogP contribution >= 0.6 is 0 Å². The van der Waals surface area contributed by atoms with Gasteiger partial charge in [-0.2, -0.15) is 9.49 Å². The summed E-state index contributed by atoms with van der Waals surface area (Å²) in [4.78, 5) is 3.51. The van der Waals surface area contributed by atoms with E-state index in [9.17, 15) is 4.39 Å². The van der Waals surface area contributed by atoms with Crippen molar-refractivity contribution in [2.45, 2.75) is 19.9 Å². The molecule has 17 heavy (non-hydrogen) atoms. The van der Waals surface area contributed by atoms with E-state index in [1.165, 1.54) is 12.3 Å². The summed E-state index contributed by atoms with van der Waals surface area (Å²) in [5.41, 5.74) is 2.92. The number of pyridine rings is 1. The topological polar surface area (TPSA) is 42.7 Å². The average Bonchev–Trinajstić information content (AvgIpc) is 2.67. The first kappa shape index (κ1) is 11.6. The zero-order chi connectivity index (χ0) is 12.3. The Bertz CT molecular complexity index is 507. The van der Waals surface area contributed by atoms with Crippen LogP contribution in [0.5, 0.6) is 0 Å². The highest BCUT2D eigenvalue weighted by Gasteiger charge is 2.05. The largest absolute Gasteiger partial charge is 0.381 e. The van der Waals surface area contributed by atoms with Crippen LogP contribution in [-0.2, 0) is 20.0 Å². The molecule has 0 bridgehead atoms. The van der Waals surface area contributed by atoms with Gasteiger partial charge in [-0.1, -0.05) is 6.92 Å². The molecule has 4 nitrogen and oxygen atoms in total. The summed E-state index contributed by atoms with van der Waals surface area (Å²) in [6.07, 6.45) is 4.31. The van der Waals surface area contributed by atoms with Crippen LogP contribution in [0.25, 0.3) is 0 Å². The van der Waals surface area contributed by atoms with Crippen molar-refractivity contribution >= 4 is 5.69 Å². The number of nitrogens with zero attached hydrogens (tertiary/aromatic N) is 3. The number of hydrogen-bond acceptors (Lipinski definition) is 3. The zero-order valence-electron chi connectivity index (χ0n) is 9.94. The standard InChI is InChI=1S/C12H15FN4/c1-3-11-9(8-17(2)16-11)7-15-10-4-5-14-12(13)6-10/h4-6,8H,3,7H2,1-2H3,(H,14,15). The molecule has 90 valence electrons. The van der Waals surface area contributed by atoms with Crippen molar-refractivity contribution in [3.05, 3.63) is 41.7 Å². The van der Waals surface area contributed by atoms with Crippen LogP contribution < -0.4 is 5.32 Å². The summed E-state index contributed by atoms with van der Waals surface area (Å²) >= 11 is 0. The van der Waals surface area contributed by atoms with E-state index < -0.39 is 5.95 Å². The molecule has 0 spiro atoms. The first-order chi connectivity index (χ1) is 8.19. The summed E-state index contributed by atoms with van der Waals surface area (Å²) < 4.78 is 14.7. The summed E-state index contributed by atoms with van der Waals surface area (Å²) in [5, 5.41) is 7.51. The van der Waals surface area contributed by atoms with Crippen molar-refractivity contribution in [1.29, 1.82) is 0 Å². The van der Waals surface area contributed by atoms with Gasteiger partial charge >= 0.3 is 0 Å². The Kier molecular flexibility index (Phi) is 3.37. The second-order valence-corrected chi connectivity index (χ2v) is 3.85. The molecule has 2 rings (SSSR count). The maximum atomic E-state index is 12.9. The van der Waals surface area contributed by atoms with Gasteiger partial charge in [0.25, 0.3) is 0 Å². The third kappa shape index (κ3) is 2.81. The Morgan fingerprint density at radius 1 is 1.47 bits per heavy atom. The van der Waals surface area contributed by atoms with E-state index in [1.54, 1.807) is 10.7 Å². The van der Waals surface area contributed by atoms with Crippen LogP contribution in [0.4, 0.5) is 10.1 Å². The SMILES string of the molecule is CCc1nn(C)cc1CNc1ccnc(F)c1. The Balaban J connectivity index is 2.06. The molecule has 0 aromatic carbocycles. The maximum absolute atomic E-state index is 12.9. The van der Waals surface area contributed by atoms with Crippen molar-refractivity contribution in [1.82, 2.24) is 14.8 Å². The summed E-state index contributed by atoms with van der Waals surface area (Å²) in [6, 6.07) is 3.12. The molecule has 2 aromatic rings. The Hall–Kier alpha value is -1.91. The van der Waals surface area contributed by atoms with Gasteiger partial charge in [-0.15, -0.1) is 0 Å². The molecule has 0 aliphatic carbocycles. The minimum Gasteiger partial charge on any atom is -0.381 e. The van der Waals surface area contributed by atoms with E-state index in [-0.39, 0.29) is 0 Å². The second kappa shape index (κ2) is 4.95. The van der Waals surface area contributed by atoms with Gasteiger partial charge in [-0.05, 0) is 12.5 Å². The van der Waals surface area contributed by atoms with E-state index >= 15 is 0 Å². The smallest absolute Gasteiger partial charge is 0.214 e. The zero-order valence-corrected chi connectivity index (χ0v) is 9.94. The van der Waals surface area contributed by atoms with Crippen molar-refractivity contribution in [3.8, 4) is 0 Å². The molecule has 1 N–H and O–H groups in total. The summed E-state index contributed by atoms with van der Waals surface area (Å²) in [7, 11) is 1.90. The lowest BCUT2D eigenvalue weighted by Crippen LogP contribution is -2.01. The molecule has 0 aliphatic rings. The quantitative estimate of drug-likeness (QED) is 0.824. The first-order valence-corrected chi connectivity index (χ1v) is 5.56. The van der Waals surface area contributed by atoms with Gasteiger partial charge in [0.15, 0.2) is 0 Å². The Morgan fingerprint density at radius 3 is 3.00 bits per heavy atom. The monoisotopic (exact) mass is 234 g/mol. The highest BCUT2D eigenvalue weighted by molar-refractivity contribution is 5.42. The number of nitrogens with one attached hydrogen (secondary N) is 1. The van der Waals surface area contributed by atoms with E-state index in [2.05, 4.69) is 22.3 Å². The Morgan fingerprint density at radius 2 is 2.29 bits per heavy atom. The van der Waals surface area contributed by atoms with Crippen LogP contribution in [0.2, 0.25) is 0 Å². The van der Waals surface area contributed by atoms with Crippen molar-refractivity contribution in [3.63, 3.8) is 0 Å². The normalized spacial score (nSPS) is 10.5. The van der Waals surface area contributed by atoms with Crippen LogP contribution in [0.15, 0.2) is 24.5 Å².